The highest BCUT2D eigenvalue weighted by molar-refractivity contribution is 6.14. The molecular formula is C13H15B2NO2. The molecule has 0 amide bonds. The minimum Gasteiger partial charge on any atom is -0.464 e. The van der Waals surface area contributed by atoms with Crippen molar-refractivity contribution < 1.29 is 9.52 Å². The fraction of sp³-hybridized carbons (Fsp3) is 0.385. The van der Waals surface area contributed by atoms with E-state index in [4.69, 9.17) is 20.1 Å². The average Bonchev–Trinajstić information content (AvgIpc) is 2.85. The lowest BCUT2D eigenvalue weighted by atomic mass is 9.67. The summed E-state index contributed by atoms with van der Waals surface area (Å²) in [7, 11) is 11.5. The Hall–Kier alpha value is -1.19. The summed E-state index contributed by atoms with van der Waals surface area (Å²) in [5.74, 6) is -0.431. The maximum Gasteiger partial charge on any atom is 0.134 e. The molecule has 1 heterocycles. The van der Waals surface area contributed by atoms with Crippen LogP contribution < -0.4 is 5.32 Å². The summed E-state index contributed by atoms with van der Waals surface area (Å²) in [5, 5.41) is 13.6. The summed E-state index contributed by atoms with van der Waals surface area (Å²) in [5.41, 5.74) is 1.09. The van der Waals surface area contributed by atoms with Gasteiger partial charge in [0, 0.05) is 10.8 Å². The fourth-order valence-corrected chi connectivity index (χ4v) is 2.03. The fourth-order valence-electron chi connectivity index (χ4n) is 2.03. The first kappa shape index (κ1) is 13.2. The Labute approximate surface area is 109 Å². The van der Waals surface area contributed by atoms with Gasteiger partial charge in [-0.3, -0.25) is 0 Å². The number of hydrogen-bond donors (Lipinski definition) is 2. The van der Waals surface area contributed by atoms with Crippen LogP contribution in [0.25, 0.3) is 11.0 Å². The third kappa shape index (κ3) is 2.20. The first-order valence-corrected chi connectivity index (χ1v) is 5.89. The van der Waals surface area contributed by atoms with E-state index in [0.717, 1.165) is 16.5 Å². The minimum atomic E-state index is -0.611. The predicted molar refractivity (Wildman–Crippen MR) is 74.0 cm³/mol. The van der Waals surface area contributed by atoms with Gasteiger partial charge < -0.3 is 14.8 Å². The largest absolute Gasteiger partial charge is 0.464 e. The lowest BCUT2D eigenvalue weighted by molar-refractivity contribution is 0.192. The van der Waals surface area contributed by atoms with E-state index in [9.17, 15) is 5.11 Å². The molecule has 2 aromatic rings. The molecule has 5 heteroatoms. The quantitative estimate of drug-likeness (QED) is 0.761. The maximum absolute atomic E-state index is 9.67. The van der Waals surface area contributed by atoms with E-state index in [1.54, 1.807) is 6.26 Å². The Bertz CT molecular complexity index is 528. The van der Waals surface area contributed by atoms with Gasteiger partial charge in [0.1, 0.15) is 5.58 Å². The molecule has 90 valence electrons. The first-order valence-electron chi connectivity index (χ1n) is 5.89. The molecule has 3 nitrogen and oxygen atoms in total. The van der Waals surface area contributed by atoms with E-state index in [0.29, 0.717) is 0 Å². The van der Waals surface area contributed by atoms with Gasteiger partial charge in [-0.15, -0.1) is 0 Å². The monoisotopic (exact) mass is 239 g/mol. The van der Waals surface area contributed by atoms with Crippen molar-refractivity contribution in [2.24, 2.45) is 0 Å². The molecule has 18 heavy (non-hydrogen) atoms. The Morgan fingerprint density at radius 2 is 2.22 bits per heavy atom. The standard InChI is InChI=1S/C13H15B2NO2/c1-13(7-17,12(15)16-8-14)10-3-2-9-4-5-18-11(9)6-10/h2-6,12,16-17H,7-8H2,1H3. The van der Waals surface area contributed by atoms with Crippen LogP contribution in [0.3, 0.4) is 0 Å². The molecule has 0 spiro atoms. The molecular weight excluding hydrogens is 224 g/mol. The van der Waals surface area contributed by atoms with Crippen LogP contribution in [0.15, 0.2) is 34.9 Å². The van der Waals surface area contributed by atoms with Crippen LogP contribution in [-0.2, 0) is 5.41 Å². The van der Waals surface area contributed by atoms with Crippen molar-refractivity contribution >= 4 is 26.7 Å². The van der Waals surface area contributed by atoms with Crippen LogP contribution in [-0.4, -0.2) is 39.8 Å². The number of furan rings is 1. The van der Waals surface area contributed by atoms with Crippen LogP contribution >= 0.6 is 0 Å². The lowest BCUT2D eigenvalue weighted by Gasteiger charge is -2.35. The Morgan fingerprint density at radius 1 is 1.44 bits per heavy atom. The molecule has 0 fully saturated rings. The number of hydrogen-bond acceptors (Lipinski definition) is 3. The summed E-state index contributed by atoms with van der Waals surface area (Å²) < 4.78 is 5.37. The van der Waals surface area contributed by atoms with Crippen LogP contribution in [0.4, 0.5) is 0 Å². The number of rotatable bonds is 5. The maximum atomic E-state index is 9.67. The van der Waals surface area contributed by atoms with Crippen molar-refractivity contribution in [2.75, 3.05) is 13.1 Å². The molecule has 0 aliphatic carbocycles. The minimum absolute atomic E-state index is 0.0760. The zero-order valence-electron chi connectivity index (χ0n) is 10.4. The molecule has 0 bridgehead atoms. The molecule has 1 aromatic heterocycles. The summed E-state index contributed by atoms with van der Waals surface area (Å²) in [6.45, 7) is 1.82. The van der Waals surface area contributed by atoms with E-state index in [2.05, 4.69) is 5.32 Å². The Morgan fingerprint density at radius 3 is 2.89 bits per heavy atom. The van der Waals surface area contributed by atoms with E-state index in [1.165, 1.54) is 0 Å². The van der Waals surface area contributed by atoms with E-state index in [-0.39, 0.29) is 13.1 Å². The van der Waals surface area contributed by atoms with Gasteiger partial charge in [0.05, 0.1) is 28.6 Å². The second-order valence-electron chi connectivity index (χ2n) is 4.63. The van der Waals surface area contributed by atoms with Crippen molar-refractivity contribution in [3.63, 3.8) is 0 Å². The first-order chi connectivity index (χ1) is 8.61. The molecule has 4 radical (unpaired) electrons. The molecule has 0 saturated carbocycles. The van der Waals surface area contributed by atoms with Gasteiger partial charge in [0.2, 0.25) is 0 Å². The van der Waals surface area contributed by atoms with Crippen molar-refractivity contribution in [3.8, 4) is 0 Å². The molecule has 0 saturated heterocycles. The van der Waals surface area contributed by atoms with E-state index in [1.807, 2.05) is 31.2 Å². The third-order valence-electron chi connectivity index (χ3n) is 3.47. The highest BCUT2D eigenvalue weighted by Crippen LogP contribution is 2.29. The second kappa shape index (κ2) is 5.21. The van der Waals surface area contributed by atoms with Gasteiger partial charge in [-0.1, -0.05) is 19.1 Å². The molecule has 2 atom stereocenters. The Kier molecular flexibility index (Phi) is 3.83. The molecule has 2 N–H and O–H groups in total. The SMILES string of the molecule is [B]CNC([B])C(C)(CO)c1ccc2ccoc2c1. The van der Waals surface area contributed by atoms with Crippen molar-refractivity contribution in [1.29, 1.82) is 0 Å². The van der Waals surface area contributed by atoms with Crippen LogP contribution in [0.5, 0.6) is 0 Å². The number of nitrogens with one attached hydrogen (secondary N) is 1. The van der Waals surface area contributed by atoms with Crippen LogP contribution in [0, 0.1) is 0 Å². The predicted octanol–water partition coefficient (Wildman–Crippen LogP) is 0.893. The summed E-state index contributed by atoms with van der Waals surface area (Å²) in [6, 6.07) is 7.71. The number of fused-ring (bicyclic) bond motifs is 1. The molecule has 0 aliphatic rings. The lowest BCUT2D eigenvalue weighted by Crippen LogP contribution is -2.49. The van der Waals surface area contributed by atoms with E-state index < -0.39 is 11.4 Å². The highest BCUT2D eigenvalue weighted by atomic mass is 16.3. The molecule has 2 unspecified atom stereocenters. The smallest absolute Gasteiger partial charge is 0.134 e. The molecule has 0 aliphatic heterocycles. The highest BCUT2D eigenvalue weighted by Gasteiger charge is 2.31. The van der Waals surface area contributed by atoms with E-state index >= 15 is 0 Å². The topological polar surface area (TPSA) is 45.4 Å². The zero-order valence-corrected chi connectivity index (χ0v) is 10.4. The summed E-state index contributed by atoms with van der Waals surface area (Å²) in [4.78, 5) is 0. The van der Waals surface area contributed by atoms with Crippen LogP contribution in [0.2, 0.25) is 0 Å². The zero-order chi connectivity index (χ0) is 13.2. The van der Waals surface area contributed by atoms with Crippen molar-refractivity contribution in [1.82, 2.24) is 5.32 Å². The van der Waals surface area contributed by atoms with Gasteiger partial charge in [0.25, 0.3) is 0 Å². The van der Waals surface area contributed by atoms with Gasteiger partial charge in [0.15, 0.2) is 0 Å². The van der Waals surface area contributed by atoms with Crippen molar-refractivity contribution in [2.45, 2.75) is 18.3 Å². The molecule has 1 aromatic carbocycles. The van der Waals surface area contributed by atoms with Gasteiger partial charge >= 0.3 is 0 Å². The summed E-state index contributed by atoms with van der Waals surface area (Å²) in [6.07, 6.45) is 1.91. The number of benzene rings is 1. The normalized spacial score (nSPS) is 16.6. The van der Waals surface area contributed by atoms with Gasteiger partial charge in [-0.05, 0) is 30.1 Å². The number of aliphatic hydroxyl groups excluding tert-OH is 1. The second-order valence-corrected chi connectivity index (χ2v) is 4.63. The van der Waals surface area contributed by atoms with Gasteiger partial charge in [-0.2, -0.15) is 0 Å². The van der Waals surface area contributed by atoms with Gasteiger partial charge in [-0.25, -0.2) is 0 Å². The van der Waals surface area contributed by atoms with Crippen molar-refractivity contribution in [3.05, 3.63) is 36.1 Å². The summed E-state index contributed by atoms with van der Waals surface area (Å²) >= 11 is 0. The number of aliphatic hydroxyl groups is 1. The molecule has 2 rings (SSSR count). The average molecular weight is 239 g/mol. The Balaban J connectivity index is 2.41. The third-order valence-corrected chi connectivity index (χ3v) is 3.47. The van der Waals surface area contributed by atoms with Crippen LogP contribution in [0.1, 0.15) is 12.5 Å².